The fourth-order valence-electron chi connectivity index (χ4n) is 1.82. The lowest BCUT2D eigenvalue weighted by molar-refractivity contribution is 0.105. The zero-order valence-electron chi connectivity index (χ0n) is 9.03. The van der Waals surface area contributed by atoms with E-state index >= 15 is 0 Å². The maximum atomic E-state index is 6.01. The van der Waals surface area contributed by atoms with Crippen molar-refractivity contribution in [2.24, 2.45) is 0 Å². The molecule has 2 atom stereocenters. The van der Waals surface area contributed by atoms with E-state index < -0.39 is 0 Å². The zero-order chi connectivity index (χ0) is 10.8. The topological polar surface area (TPSA) is 35.0 Å². The molecule has 2 rings (SSSR count). The Morgan fingerprint density at radius 3 is 2.93 bits per heavy atom. The number of ether oxygens (including phenoxy) is 1. The number of nitrogens with zero attached hydrogens (tertiary/aromatic N) is 2. The summed E-state index contributed by atoms with van der Waals surface area (Å²) in [6.45, 7) is 4.72. The van der Waals surface area contributed by atoms with Gasteiger partial charge in [0.25, 0.3) is 0 Å². The van der Waals surface area contributed by atoms with Crippen molar-refractivity contribution in [2.45, 2.75) is 38.2 Å². The maximum Gasteiger partial charge on any atom is 0.157 e. The first kappa shape index (κ1) is 10.8. The van der Waals surface area contributed by atoms with E-state index in [2.05, 4.69) is 9.97 Å². The smallest absolute Gasteiger partial charge is 0.157 e. The molecule has 1 fully saturated rings. The summed E-state index contributed by atoms with van der Waals surface area (Å²) in [5, 5.41) is -0.0384. The fourth-order valence-corrected chi connectivity index (χ4v) is 2.04. The van der Waals surface area contributed by atoms with Crippen molar-refractivity contribution in [3.8, 4) is 0 Å². The first-order chi connectivity index (χ1) is 7.18. The minimum Gasteiger partial charge on any atom is -0.370 e. The van der Waals surface area contributed by atoms with E-state index in [1.807, 2.05) is 20.0 Å². The molecule has 4 heteroatoms. The van der Waals surface area contributed by atoms with Gasteiger partial charge in [-0.1, -0.05) is 0 Å². The van der Waals surface area contributed by atoms with Crippen LogP contribution in [0.4, 0.5) is 0 Å². The summed E-state index contributed by atoms with van der Waals surface area (Å²) in [6.07, 6.45) is 4.02. The summed E-state index contributed by atoms with van der Waals surface area (Å²) in [6, 6.07) is 0. The summed E-state index contributed by atoms with van der Waals surface area (Å²) in [5.74, 6) is 0.797. The van der Waals surface area contributed by atoms with Crippen LogP contribution in [0.2, 0.25) is 0 Å². The highest BCUT2D eigenvalue weighted by Crippen LogP contribution is 2.27. The van der Waals surface area contributed by atoms with E-state index in [-0.39, 0.29) is 11.5 Å². The second kappa shape index (κ2) is 4.45. The van der Waals surface area contributed by atoms with Gasteiger partial charge in [-0.2, -0.15) is 0 Å². The highest BCUT2D eigenvalue weighted by molar-refractivity contribution is 6.20. The molecule has 0 aliphatic carbocycles. The molecular formula is C11H15ClN2O. The van der Waals surface area contributed by atoms with Gasteiger partial charge in [0, 0.05) is 24.1 Å². The van der Waals surface area contributed by atoms with Gasteiger partial charge in [0.2, 0.25) is 0 Å². The number of aryl methyl sites for hydroxylation is 1. The minimum absolute atomic E-state index is 0.0384. The molecule has 0 saturated carbocycles. The third kappa shape index (κ3) is 2.29. The largest absolute Gasteiger partial charge is 0.370 e. The molecule has 82 valence electrons. The number of hydrogen-bond acceptors (Lipinski definition) is 3. The molecule has 0 aromatic carbocycles. The van der Waals surface area contributed by atoms with Gasteiger partial charge < -0.3 is 4.74 Å². The Balaban J connectivity index is 2.24. The molecule has 0 radical (unpaired) electrons. The monoisotopic (exact) mass is 226 g/mol. The van der Waals surface area contributed by atoms with Crippen LogP contribution >= 0.6 is 11.6 Å². The van der Waals surface area contributed by atoms with Crippen LogP contribution < -0.4 is 0 Å². The van der Waals surface area contributed by atoms with Crippen molar-refractivity contribution in [1.82, 2.24) is 9.97 Å². The van der Waals surface area contributed by atoms with Crippen molar-refractivity contribution >= 4 is 11.6 Å². The molecule has 2 heterocycles. The number of halogens is 1. The van der Waals surface area contributed by atoms with Crippen molar-refractivity contribution in [1.29, 1.82) is 0 Å². The molecule has 0 bridgehead atoms. The summed E-state index contributed by atoms with van der Waals surface area (Å²) in [4.78, 5) is 8.78. The summed E-state index contributed by atoms with van der Waals surface area (Å²) in [5.41, 5.74) is 1.96. The standard InChI is InChI=1S/C11H15ClN2O/c1-7(12)9-6-13-11(14-8(9)2)10-4-3-5-15-10/h6-7,10H,3-5H2,1-2H3. The van der Waals surface area contributed by atoms with Gasteiger partial charge >= 0.3 is 0 Å². The lowest BCUT2D eigenvalue weighted by Crippen LogP contribution is -2.06. The number of hydrogen-bond donors (Lipinski definition) is 0. The third-order valence-corrected chi connectivity index (χ3v) is 2.92. The van der Waals surface area contributed by atoms with E-state index in [0.717, 1.165) is 36.5 Å². The van der Waals surface area contributed by atoms with Crippen LogP contribution in [0.3, 0.4) is 0 Å². The van der Waals surface area contributed by atoms with Gasteiger partial charge in [-0.25, -0.2) is 9.97 Å². The van der Waals surface area contributed by atoms with Crippen molar-refractivity contribution in [2.75, 3.05) is 6.61 Å². The molecule has 1 aliphatic rings. The Kier molecular flexibility index (Phi) is 3.22. The van der Waals surface area contributed by atoms with E-state index in [0.29, 0.717) is 0 Å². The first-order valence-corrected chi connectivity index (χ1v) is 5.71. The van der Waals surface area contributed by atoms with Gasteiger partial charge in [0.1, 0.15) is 6.10 Å². The van der Waals surface area contributed by atoms with Crippen molar-refractivity contribution < 1.29 is 4.74 Å². The lowest BCUT2D eigenvalue weighted by Gasteiger charge is -2.11. The van der Waals surface area contributed by atoms with Gasteiger partial charge in [0.05, 0.1) is 5.38 Å². The third-order valence-electron chi connectivity index (χ3n) is 2.68. The maximum absolute atomic E-state index is 6.01. The Hall–Kier alpha value is -0.670. The molecule has 3 nitrogen and oxygen atoms in total. The van der Waals surface area contributed by atoms with Crippen LogP contribution in [0.5, 0.6) is 0 Å². The molecular weight excluding hydrogens is 212 g/mol. The predicted octanol–water partition coefficient (Wildman–Crippen LogP) is 2.94. The van der Waals surface area contributed by atoms with Crippen molar-refractivity contribution in [3.63, 3.8) is 0 Å². The lowest BCUT2D eigenvalue weighted by atomic mass is 10.1. The molecule has 15 heavy (non-hydrogen) atoms. The van der Waals surface area contributed by atoms with E-state index in [4.69, 9.17) is 16.3 Å². The van der Waals surface area contributed by atoms with E-state index in [9.17, 15) is 0 Å². The number of rotatable bonds is 2. The van der Waals surface area contributed by atoms with Gasteiger partial charge in [-0.05, 0) is 26.7 Å². The van der Waals surface area contributed by atoms with Crippen LogP contribution in [0.25, 0.3) is 0 Å². The molecule has 1 aromatic rings. The summed E-state index contributed by atoms with van der Waals surface area (Å²) >= 11 is 6.01. The highest BCUT2D eigenvalue weighted by atomic mass is 35.5. The minimum atomic E-state index is -0.0384. The first-order valence-electron chi connectivity index (χ1n) is 5.27. The molecule has 1 saturated heterocycles. The fraction of sp³-hybridized carbons (Fsp3) is 0.636. The van der Waals surface area contributed by atoms with Crippen molar-refractivity contribution in [3.05, 3.63) is 23.3 Å². The Labute approximate surface area is 94.8 Å². The molecule has 0 amide bonds. The van der Waals surface area contributed by atoms with Gasteiger partial charge in [-0.3, -0.25) is 0 Å². The van der Waals surface area contributed by atoms with Gasteiger partial charge in [0.15, 0.2) is 5.82 Å². The molecule has 1 aromatic heterocycles. The summed E-state index contributed by atoms with van der Waals surface area (Å²) < 4.78 is 5.54. The Morgan fingerprint density at radius 2 is 2.40 bits per heavy atom. The molecule has 0 N–H and O–H groups in total. The number of alkyl halides is 1. The van der Waals surface area contributed by atoms with Crippen LogP contribution in [0.15, 0.2) is 6.20 Å². The average molecular weight is 227 g/mol. The van der Waals surface area contributed by atoms with Crippen LogP contribution in [-0.4, -0.2) is 16.6 Å². The van der Waals surface area contributed by atoms with Crippen LogP contribution in [0, 0.1) is 6.92 Å². The van der Waals surface area contributed by atoms with E-state index in [1.165, 1.54) is 0 Å². The van der Waals surface area contributed by atoms with Gasteiger partial charge in [-0.15, -0.1) is 11.6 Å². The normalized spacial score (nSPS) is 23.0. The molecule has 0 spiro atoms. The average Bonchev–Trinajstić information content (AvgIpc) is 2.69. The van der Waals surface area contributed by atoms with Crippen LogP contribution in [-0.2, 0) is 4.74 Å². The second-order valence-corrected chi connectivity index (χ2v) is 4.54. The predicted molar refractivity (Wildman–Crippen MR) is 59.0 cm³/mol. The highest BCUT2D eigenvalue weighted by Gasteiger charge is 2.21. The Bertz CT molecular complexity index is 348. The zero-order valence-corrected chi connectivity index (χ0v) is 9.79. The van der Waals surface area contributed by atoms with E-state index in [1.54, 1.807) is 0 Å². The quantitative estimate of drug-likeness (QED) is 0.728. The van der Waals surface area contributed by atoms with Crippen LogP contribution in [0.1, 0.15) is 48.3 Å². The second-order valence-electron chi connectivity index (χ2n) is 3.89. The summed E-state index contributed by atoms with van der Waals surface area (Å²) in [7, 11) is 0. The molecule has 1 aliphatic heterocycles. The Morgan fingerprint density at radius 1 is 1.60 bits per heavy atom. The number of aromatic nitrogens is 2. The SMILES string of the molecule is Cc1nc(C2CCCO2)ncc1C(C)Cl. The molecule has 2 unspecified atom stereocenters.